The van der Waals surface area contributed by atoms with Crippen molar-refractivity contribution >= 4 is 5.91 Å². The second-order valence-electron chi connectivity index (χ2n) is 6.00. The Hall–Kier alpha value is -2.34. The second kappa shape index (κ2) is 7.97. The topological polar surface area (TPSA) is 68.2 Å². The first kappa shape index (κ1) is 16.5. The van der Waals surface area contributed by atoms with Gasteiger partial charge in [0.15, 0.2) is 0 Å². The number of hydrogen-bond donors (Lipinski definition) is 2. The number of aromatic nitrogens is 2. The highest BCUT2D eigenvalue weighted by atomic mass is 16.5. The van der Waals surface area contributed by atoms with E-state index in [1.165, 1.54) is 0 Å². The third-order valence-corrected chi connectivity index (χ3v) is 4.10. The zero-order valence-corrected chi connectivity index (χ0v) is 13.9. The summed E-state index contributed by atoms with van der Waals surface area (Å²) in [5.74, 6) is 0.801. The number of benzene rings is 1. The van der Waals surface area contributed by atoms with Gasteiger partial charge >= 0.3 is 0 Å². The molecule has 2 aromatic rings. The summed E-state index contributed by atoms with van der Waals surface area (Å²) in [7, 11) is 1.89. The van der Waals surface area contributed by atoms with Gasteiger partial charge in [-0.3, -0.25) is 9.48 Å². The van der Waals surface area contributed by atoms with Gasteiger partial charge < -0.3 is 15.4 Å². The van der Waals surface area contributed by atoms with Crippen molar-refractivity contribution in [1.29, 1.82) is 0 Å². The summed E-state index contributed by atoms with van der Waals surface area (Å²) in [6.45, 7) is 1.85. The largest absolute Gasteiger partial charge is 0.492 e. The summed E-state index contributed by atoms with van der Waals surface area (Å²) in [5.41, 5.74) is 2.03. The average Bonchev–Trinajstić information content (AvgIpc) is 3.06. The first-order chi connectivity index (χ1) is 11.7. The van der Waals surface area contributed by atoms with Gasteiger partial charge in [-0.05, 0) is 49.2 Å². The van der Waals surface area contributed by atoms with Crippen molar-refractivity contribution in [3.63, 3.8) is 0 Å². The van der Waals surface area contributed by atoms with Gasteiger partial charge in [-0.25, -0.2) is 0 Å². The molecule has 1 fully saturated rings. The van der Waals surface area contributed by atoms with E-state index in [2.05, 4.69) is 21.8 Å². The maximum Gasteiger partial charge on any atom is 0.237 e. The van der Waals surface area contributed by atoms with Gasteiger partial charge in [0, 0.05) is 18.8 Å². The van der Waals surface area contributed by atoms with E-state index in [-0.39, 0.29) is 11.9 Å². The molecule has 0 aliphatic carbocycles. The molecular weight excluding hydrogens is 304 g/mol. The summed E-state index contributed by atoms with van der Waals surface area (Å²) < 4.78 is 7.48. The average molecular weight is 327 g/mol. The number of carbonyl (C=O) groups is 1. The van der Waals surface area contributed by atoms with Crippen LogP contribution in [-0.2, 0) is 11.8 Å². The Morgan fingerprint density at radius 1 is 1.46 bits per heavy atom. The molecule has 24 heavy (non-hydrogen) atoms. The lowest BCUT2D eigenvalue weighted by atomic mass is 10.0. The number of amides is 1. The predicted molar refractivity (Wildman–Crippen MR) is 91.6 cm³/mol. The predicted octanol–water partition coefficient (Wildman–Crippen LogP) is 1.52. The van der Waals surface area contributed by atoms with Crippen molar-refractivity contribution in [2.45, 2.75) is 25.3 Å². The zero-order valence-electron chi connectivity index (χ0n) is 13.9. The number of hydrogen-bond acceptors (Lipinski definition) is 4. The number of piperidine rings is 1. The monoisotopic (exact) mass is 327 g/mol. The van der Waals surface area contributed by atoms with E-state index in [0.717, 1.165) is 42.7 Å². The molecule has 127 valence electrons. The number of aryl methyl sites for hydroxylation is 1. The molecule has 2 heterocycles. The summed E-state index contributed by atoms with van der Waals surface area (Å²) >= 11 is 0. The summed E-state index contributed by atoms with van der Waals surface area (Å²) in [4.78, 5) is 12.0. The molecule has 1 aliphatic rings. The van der Waals surface area contributed by atoms with Crippen LogP contribution in [0.2, 0.25) is 0 Å². The minimum absolute atomic E-state index is 0.0546. The quantitative estimate of drug-likeness (QED) is 0.790. The van der Waals surface area contributed by atoms with E-state index >= 15 is 0 Å². The van der Waals surface area contributed by atoms with Crippen molar-refractivity contribution in [3.8, 4) is 16.9 Å². The van der Waals surface area contributed by atoms with Crippen LogP contribution in [0.15, 0.2) is 30.6 Å². The van der Waals surface area contributed by atoms with E-state index in [4.69, 9.17) is 4.74 Å². The fourth-order valence-corrected chi connectivity index (χ4v) is 2.81. The lowest BCUT2D eigenvalue weighted by Gasteiger charge is -2.22. The molecule has 0 bridgehead atoms. The first-order valence-corrected chi connectivity index (χ1v) is 8.36. The summed E-state index contributed by atoms with van der Waals surface area (Å²) in [5, 5.41) is 10.3. The van der Waals surface area contributed by atoms with Gasteiger partial charge in [0.2, 0.25) is 5.91 Å². The molecule has 1 radical (unpaired) electrons. The van der Waals surface area contributed by atoms with Crippen molar-refractivity contribution in [2.24, 2.45) is 7.05 Å². The van der Waals surface area contributed by atoms with Gasteiger partial charge in [-0.15, -0.1) is 0 Å². The fraction of sp³-hybridized carbons (Fsp3) is 0.444. The second-order valence-corrected chi connectivity index (χ2v) is 6.00. The van der Waals surface area contributed by atoms with Crippen LogP contribution in [0.5, 0.6) is 5.75 Å². The van der Waals surface area contributed by atoms with Crippen LogP contribution in [0.25, 0.3) is 11.1 Å². The molecule has 1 saturated heterocycles. The fourth-order valence-electron chi connectivity index (χ4n) is 2.81. The minimum Gasteiger partial charge on any atom is -0.492 e. The Bertz CT molecular complexity index is 677. The molecule has 3 rings (SSSR count). The molecule has 1 atom stereocenters. The third kappa shape index (κ3) is 4.35. The highest BCUT2D eigenvalue weighted by Crippen LogP contribution is 2.22. The maximum atomic E-state index is 12.0. The molecule has 1 aromatic heterocycles. The Balaban J connectivity index is 1.46. The van der Waals surface area contributed by atoms with Gasteiger partial charge in [-0.2, -0.15) is 5.10 Å². The third-order valence-electron chi connectivity index (χ3n) is 4.10. The SMILES string of the molecule is Cn1cc(-c2c[c]cc(OCCNC(=O)[C@H]3CCCCN3)c2)cn1. The standard InChI is InChI=1S/C18H23N4O2/c1-22-13-15(12-21-22)14-5-4-6-16(11-14)24-10-9-20-18(23)17-7-2-3-8-19-17/h5-6,11-13,17,19H,2-3,7-10H2,1H3,(H,20,23)/t17-/m1/s1. The van der Waals surface area contributed by atoms with Gasteiger partial charge in [0.1, 0.15) is 12.4 Å². The normalized spacial score (nSPS) is 17.5. The van der Waals surface area contributed by atoms with Crippen molar-refractivity contribution < 1.29 is 9.53 Å². The van der Waals surface area contributed by atoms with E-state index in [1.807, 2.05) is 31.6 Å². The van der Waals surface area contributed by atoms with Gasteiger partial charge in [0.25, 0.3) is 0 Å². The lowest BCUT2D eigenvalue weighted by Crippen LogP contribution is -2.47. The molecule has 1 aliphatic heterocycles. The summed E-state index contributed by atoms with van der Waals surface area (Å²) in [6, 6.07) is 8.68. The van der Waals surface area contributed by atoms with E-state index < -0.39 is 0 Å². The number of nitrogens with one attached hydrogen (secondary N) is 2. The van der Waals surface area contributed by atoms with Crippen LogP contribution in [-0.4, -0.2) is 41.4 Å². The molecule has 6 nitrogen and oxygen atoms in total. The lowest BCUT2D eigenvalue weighted by molar-refractivity contribution is -0.123. The number of rotatable bonds is 6. The Morgan fingerprint density at radius 3 is 3.12 bits per heavy atom. The van der Waals surface area contributed by atoms with Crippen molar-refractivity contribution in [3.05, 3.63) is 36.7 Å². The Morgan fingerprint density at radius 2 is 2.38 bits per heavy atom. The van der Waals surface area contributed by atoms with Crippen LogP contribution in [0.4, 0.5) is 0 Å². The summed E-state index contributed by atoms with van der Waals surface area (Å²) in [6.07, 6.45) is 6.93. The molecule has 1 amide bonds. The highest BCUT2D eigenvalue weighted by molar-refractivity contribution is 5.81. The molecule has 6 heteroatoms. The molecule has 0 spiro atoms. The zero-order chi connectivity index (χ0) is 16.8. The first-order valence-electron chi connectivity index (χ1n) is 8.36. The number of nitrogens with zero attached hydrogens (tertiary/aromatic N) is 2. The minimum atomic E-state index is -0.0546. The molecule has 1 aromatic carbocycles. The highest BCUT2D eigenvalue weighted by Gasteiger charge is 2.19. The molecular formula is C18H23N4O2. The van der Waals surface area contributed by atoms with Crippen LogP contribution in [0.3, 0.4) is 0 Å². The van der Waals surface area contributed by atoms with Crippen LogP contribution in [0.1, 0.15) is 19.3 Å². The molecule has 2 N–H and O–H groups in total. The maximum absolute atomic E-state index is 12.0. The van der Waals surface area contributed by atoms with E-state index in [0.29, 0.717) is 13.2 Å². The Kier molecular flexibility index (Phi) is 5.48. The van der Waals surface area contributed by atoms with E-state index in [1.54, 1.807) is 10.7 Å². The molecule has 0 saturated carbocycles. The molecule has 0 unspecified atom stereocenters. The van der Waals surface area contributed by atoms with Crippen molar-refractivity contribution in [1.82, 2.24) is 20.4 Å². The number of ether oxygens (including phenoxy) is 1. The van der Waals surface area contributed by atoms with Gasteiger partial charge in [-0.1, -0.05) is 6.42 Å². The van der Waals surface area contributed by atoms with Crippen molar-refractivity contribution in [2.75, 3.05) is 19.7 Å². The smallest absolute Gasteiger partial charge is 0.237 e. The number of carbonyl (C=O) groups excluding carboxylic acids is 1. The Labute approximate surface area is 142 Å². The van der Waals surface area contributed by atoms with Gasteiger partial charge in [0.05, 0.1) is 18.8 Å². The van der Waals surface area contributed by atoms with E-state index in [9.17, 15) is 4.79 Å². The van der Waals surface area contributed by atoms with Crippen LogP contribution < -0.4 is 15.4 Å². The van der Waals surface area contributed by atoms with Crippen LogP contribution in [0, 0.1) is 6.07 Å². The van der Waals surface area contributed by atoms with Crippen LogP contribution >= 0.6 is 0 Å².